The highest BCUT2D eigenvalue weighted by atomic mass is 32.1. The van der Waals surface area contributed by atoms with Gasteiger partial charge in [-0.2, -0.15) is 0 Å². The second-order valence-electron chi connectivity index (χ2n) is 5.88. The predicted octanol–water partition coefficient (Wildman–Crippen LogP) is 4.14. The van der Waals surface area contributed by atoms with Crippen LogP contribution in [0.25, 0.3) is 10.8 Å². The first kappa shape index (κ1) is 15.4. The molecule has 6 heteroatoms. The first-order chi connectivity index (χ1) is 11.8. The second-order valence-corrected chi connectivity index (χ2v) is 6.83. The molecule has 0 saturated carbocycles. The minimum atomic E-state index is 0.372. The normalized spacial score (nSPS) is 18.1. The van der Waals surface area contributed by atoms with Crippen molar-refractivity contribution in [2.24, 2.45) is 0 Å². The van der Waals surface area contributed by atoms with E-state index in [-0.39, 0.29) is 0 Å². The van der Waals surface area contributed by atoms with E-state index in [1.165, 1.54) is 12.0 Å². The van der Waals surface area contributed by atoms with Crippen molar-refractivity contribution in [1.29, 1.82) is 0 Å². The van der Waals surface area contributed by atoms with Crippen molar-refractivity contribution >= 4 is 11.3 Å². The zero-order chi connectivity index (χ0) is 16.4. The molecule has 5 nitrogen and oxygen atoms in total. The van der Waals surface area contributed by atoms with Gasteiger partial charge in [0.15, 0.2) is 0 Å². The molecule has 0 amide bonds. The van der Waals surface area contributed by atoms with Crippen LogP contribution in [0.5, 0.6) is 5.75 Å². The van der Waals surface area contributed by atoms with Crippen LogP contribution < -0.4 is 4.74 Å². The predicted molar refractivity (Wildman–Crippen MR) is 93.0 cm³/mol. The van der Waals surface area contributed by atoms with Gasteiger partial charge in [0.2, 0.25) is 5.89 Å². The number of thiophene rings is 1. The van der Waals surface area contributed by atoms with E-state index in [1.807, 2.05) is 29.6 Å². The minimum Gasteiger partial charge on any atom is -0.497 e. The van der Waals surface area contributed by atoms with Crippen LogP contribution in [-0.4, -0.2) is 28.8 Å². The average Bonchev–Trinajstić information content (AvgIpc) is 3.36. The van der Waals surface area contributed by atoms with Gasteiger partial charge in [0, 0.05) is 6.04 Å². The van der Waals surface area contributed by atoms with E-state index in [9.17, 15) is 0 Å². The van der Waals surface area contributed by atoms with E-state index in [0.29, 0.717) is 24.4 Å². The third-order valence-corrected chi connectivity index (χ3v) is 5.24. The smallest absolute Gasteiger partial charge is 0.257 e. The summed E-state index contributed by atoms with van der Waals surface area (Å²) in [5.74, 6) is 2.18. The highest BCUT2D eigenvalue weighted by Crippen LogP contribution is 2.34. The summed E-state index contributed by atoms with van der Waals surface area (Å²) in [6.45, 7) is 1.72. The number of benzene rings is 1. The Morgan fingerprint density at radius 3 is 3.08 bits per heavy atom. The highest BCUT2D eigenvalue weighted by molar-refractivity contribution is 7.13. The van der Waals surface area contributed by atoms with Gasteiger partial charge in [-0.3, -0.25) is 4.90 Å². The van der Waals surface area contributed by atoms with Crippen molar-refractivity contribution in [2.45, 2.75) is 25.4 Å². The van der Waals surface area contributed by atoms with Gasteiger partial charge in [-0.05, 0) is 48.5 Å². The Hall–Kier alpha value is -2.18. The topological polar surface area (TPSA) is 51.4 Å². The molecular formula is C18H19N3O2S. The number of nitrogens with zero attached hydrogens (tertiary/aromatic N) is 3. The zero-order valence-corrected chi connectivity index (χ0v) is 14.3. The first-order valence-corrected chi connectivity index (χ1v) is 8.96. The van der Waals surface area contributed by atoms with Crippen LogP contribution in [0.3, 0.4) is 0 Å². The Kier molecular flexibility index (Phi) is 4.32. The summed E-state index contributed by atoms with van der Waals surface area (Å²) in [5.41, 5.74) is 1.28. The molecule has 0 N–H and O–H groups in total. The van der Waals surface area contributed by atoms with Gasteiger partial charge in [-0.1, -0.05) is 18.2 Å². The Morgan fingerprint density at radius 1 is 1.29 bits per heavy atom. The molecule has 0 aliphatic carbocycles. The van der Waals surface area contributed by atoms with Gasteiger partial charge in [-0.15, -0.1) is 21.5 Å². The molecule has 1 atom stereocenters. The number of methoxy groups -OCH3 is 1. The lowest BCUT2D eigenvalue weighted by Crippen LogP contribution is -2.23. The van der Waals surface area contributed by atoms with Crippen LogP contribution in [0.15, 0.2) is 46.2 Å². The third kappa shape index (κ3) is 3.07. The van der Waals surface area contributed by atoms with E-state index >= 15 is 0 Å². The molecule has 3 aromatic rings. The summed E-state index contributed by atoms with van der Waals surface area (Å²) in [7, 11) is 1.70. The van der Waals surface area contributed by atoms with E-state index < -0.39 is 0 Å². The zero-order valence-electron chi connectivity index (χ0n) is 13.5. The monoisotopic (exact) mass is 341 g/mol. The number of aromatic nitrogens is 2. The lowest BCUT2D eigenvalue weighted by Gasteiger charge is -2.23. The largest absolute Gasteiger partial charge is 0.497 e. The molecule has 1 aliphatic heterocycles. The van der Waals surface area contributed by atoms with E-state index in [1.54, 1.807) is 18.4 Å². The molecule has 124 valence electrons. The number of ether oxygens (including phenoxy) is 1. The van der Waals surface area contributed by atoms with Crippen molar-refractivity contribution in [2.75, 3.05) is 13.7 Å². The van der Waals surface area contributed by atoms with E-state index in [4.69, 9.17) is 9.15 Å². The summed E-state index contributed by atoms with van der Waals surface area (Å²) in [6.07, 6.45) is 2.31. The molecule has 1 fully saturated rings. The fourth-order valence-corrected chi connectivity index (χ4v) is 3.88. The van der Waals surface area contributed by atoms with Gasteiger partial charge in [0.25, 0.3) is 5.89 Å². The SMILES string of the molecule is COc1cccc(C2CCCN2Cc2nnc(-c3cccs3)o2)c1. The van der Waals surface area contributed by atoms with Crippen molar-refractivity contribution in [3.05, 3.63) is 53.2 Å². The summed E-state index contributed by atoms with van der Waals surface area (Å²) in [5, 5.41) is 10.4. The Morgan fingerprint density at radius 2 is 2.25 bits per heavy atom. The average molecular weight is 341 g/mol. The molecule has 0 radical (unpaired) electrons. The van der Waals surface area contributed by atoms with Gasteiger partial charge < -0.3 is 9.15 Å². The Labute approximate surface area is 144 Å². The Bertz CT molecular complexity index is 800. The minimum absolute atomic E-state index is 0.372. The standard InChI is InChI=1S/C18H19N3O2S/c1-22-14-6-2-5-13(11-14)15-7-3-9-21(15)12-17-19-20-18(23-17)16-8-4-10-24-16/h2,4-6,8,10-11,15H,3,7,9,12H2,1H3. The first-order valence-electron chi connectivity index (χ1n) is 8.08. The molecule has 1 aromatic carbocycles. The summed E-state index contributed by atoms with van der Waals surface area (Å²) in [4.78, 5) is 3.42. The van der Waals surface area contributed by atoms with Crippen molar-refractivity contribution in [3.63, 3.8) is 0 Å². The maximum absolute atomic E-state index is 5.84. The van der Waals surface area contributed by atoms with Crippen LogP contribution >= 0.6 is 11.3 Å². The quantitative estimate of drug-likeness (QED) is 0.698. The second kappa shape index (κ2) is 6.75. The van der Waals surface area contributed by atoms with Gasteiger partial charge in [0.05, 0.1) is 18.5 Å². The third-order valence-electron chi connectivity index (χ3n) is 4.38. The lowest BCUT2D eigenvalue weighted by molar-refractivity contribution is 0.224. The molecule has 3 heterocycles. The van der Waals surface area contributed by atoms with Gasteiger partial charge in [-0.25, -0.2) is 0 Å². The van der Waals surface area contributed by atoms with Crippen molar-refractivity contribution < 1.29 is 9.15 Å². The van der Waals surface area contributed by atoms with Crippen LogP contribution in [0.1, 0.15) is 30.3 Å². The van der Waals surface area contributed by atoms with Crippen LogP contribution in [0.4, 0.5) is 0 Å². The molecule has 0 spiro atoms. The highest BCUT2D eigenvalue weighted by Gasteiger charge is 2.27. The molecule has 2 aromatic heterocycles. The van der Waals surface area contributed by atoms with Crippen molar-refractivity contribution in [1.82, 2.24) is 15.1 Å². The van der Waals surface area contributed by atoms with E-state index in [2.05, 4.69) is 27.2 Å². The van der Waals surface area contributed by atoms with Crippen LogP contribution in [-0.2, 0) is 6.54 Å². The fraction of sp³-hybridized carbons (Fsp3) is 0.333. The van der Waals surface area contributed by atoms with Crippen molar-refractivity contribution in [3.8, 4) is 16.5 Å². The molecule has 1 aliphatic rings. The maximum Gasteiger partial charge on any atom is 0.257 e. The molecule has 24 heavy (non-hydrogen) atoms. The summed E-state index contributed by atoms with van der Waals surface area (Å²) in [6, 6.07) is 12.7. The van der Waals surface area contributed by atoms with Gasteiger partial charge in [0.1, 0.15) is 5.75 Å². The summed E-state index contributed by atoms with van der Waals surface area (Å²) < 4.78 is 11.2. The van der Waals surface area contributed by atoms with Crippen LogP contribution in [0, 0.1) is 0 Å². The van der Waals surface area contributed by atoms with Crippen LogP contribution in [0.2, 0.25) is 0 Å². The molecule has 4 rings (SSSR count). The fourth-order valence-electron chi connectivity index (χ4n) is 3.23. The number of rotatable bonds is 5. The lowest BCUT2D eigenvalue weighted by atomic mass is 10.0. The van der Waals surface area contributed by atoms with Gasteiger partial charge >= 0.3 is 0 Å². The van der Waals surface area contributed by atoms with E-state index in [0.717, 1.165) is 23.6 Å². The molecule has 0 bridgehead atoms. The molecular weight excluding hydrogens is 322 g/mol. The Balaban J connectivity index is 1.51. The molecule has 1 saturated heterocycles. The number of hydrogen-bond acceptors (Lipinski definition) is 6. The number of hydrogen-bond donors (Lipinski definition) is 0. The maximum atomic E-state index is 5.84. The summed E-state index contributed by atoms with van der Waals surface area (Å²) >= 11 is 1.61. The number of likely N-dealkylation sites (tertiary alicyclic amines) is 1. The molecule has 1 unspecified atom stereocenters.